The fraction of sp³-hybridized carbons (Fsp3) is 0.192. The van der Waals surface area contributed by atoms with Crippen LogP contribution < -0.4 is 19.5 Å². The van der Waals surface area contributed by atoms with Crippen LogP contribution in [0.25, 0.3) is 11.6 Å². The van der Waals surface area contributed by atoms with Crippen molar-refractivity contribution in [3.8, 4) is 17.2 Å². The van der Waals surface area contributed by atoms with Gasteiger partial charge in [0, 0.05) is 22.6 Å². The zero-order chi connectivity index (χ0) is 22.5. The summed E-state index contributed by atoms with van der Waals surface area (Å²) < 4.78 is 16.5. The first-order valence-corrected chi connectivity index (χ1v) is 10.7. The molecule has 4 rings (SSSR count). The summed E-state index contributed by atoms with van der Waals surface area (Å²) in [4.78, 5) is 13.5. The Morgan fingerprint density at radius 1 is 1.03 bits per heavy atom. The van der Waals surface area contributed by atoms with E-state index < -0.39 is 0 Å². The average molecular weight is 450 g/mol. The molecule has 0 radical (unpaired) electrons. The minimum atomic E-state index is -0.192. The van der Waals surface area contributed by atoms with E-state index in [9.17, 15) is 4.79 Å². The molecule has 1 N–H and O–H groups in total. The molecule has 0 saturated carbocycles. The summed E-state index contributed by atoms with van der Waals surface area (Å²) in [6.07, 6.45) is 2.52. The van der Waals surface area contributed by atoms with Crippen molar-refractivity contribution in [1.82, 2.24) is 5.32 Å². The topological polar surface area (TPSA) is 56.8 Å². The zero-order valence-electron chi connectivity index (χ0n) is 17.9. The first-order valence-electron chi connectivity index (χ1n) is 10.3. The van der Waals surface area contributed by atoms with Gasteiger partial charge in [0.25, 0.3) is 5.91 Å². The van der Waals surface area contributed by atoms with Crippen molar-refractivity contribution in [2.45, 2.75) is 12.5 Å². The first-order chi connectivity index (χ1) is 15.6. The molecule has 1 aliphatic heterocycles. The number of carbonyl (C=O) groups is 1. The third-order valence-electron chi connectivity index (χ3n) is 5.36. The molecule has 0 saturated heterocycles. The quantitative estimate of drug-likeness (QED) is 0.396. The van der Waals surface area contributed by atoms with Crippen LogP contribution in [0.4, 0.5) is 0 Å². The fourth-order valence-electron chi connectivity index (χ4n) is 3.76. The van der Waals surface area contributed by atoms with Crippen molar-refractivity contribution in [2.75, 3.05) is 20.8 Å². The number of ether oxygens (including phenoxy) is 3. The Labute approximate surface area is 192 Å². The summed E-state index contributed by atoms with van der Waals surface area (Å²) in [5.74, 6) is 1.80. The van der Waals surface area contributed by atoms with Crippen LogP contribution in [0, 0.1) is 0 Å². The number of carbonyl (C=O) groups excluding carboxylic acids is 1. The lowest BCUT2D eigenvalue weighted by atomic mass is 9.98. The largest absolute Gasteiger partial charge is 0.493 e. The van der Waals surface area contributed by atoms with Crippen molar-refractivity contribution >= 4 is 29.2 Å². The van der Waals surface area contributed by atoms with Crippen LogP contribution in [0.3, 0.4) is 0 Å². The number of hydrogen-bond donors (Lipinski definition) is 1. The van der Waals surface area contributed by atoms with Crippen LogP contribution in [0.1, 0.15) is 29.2 Å². The van der Waals surface area contributed by atoms with Gasteiger partial charge >= 0.3 is 0 Å². The molecule has 1 aliphatic rings. The van der Waals surface area contributed by atoms with Crippen LogP contribution in [0.15, 0.2) is 66.7 Å². The van der Waals surface area contributed by atoms with Crippen LogP contribution in [-0.2, 0) is 4.79 Å². The minimum absolute atomic E-state index is 0.177. The van der Waals surface area contributed by atoms with Gasteiger partial charge in [-0.25, -0.2) is 0 Å². The molecule has 1 atom stereocenters. The molecule has 0 fully saturated rings. The Morgan fingerprint density at radius 2 is 1.81 bits per heavy atom. The summed E-state index contributed by atoms with van der Waals surface area (Å²) in [5, 5.41) is 3.78. The second-order valence-electron chi connectivity index (χ2n) is 7.38. The van der Waals surface area contributed by atoms with Gasteiger partial charge in [-0.15, -0.1) is 0 Å². The number of amides is 1. The van der Waals surface area contributed by atoms with Gasteiger partial charge in [0.15, 0.2) is 11.5 Å². The van der Waals surface area contributed by atoms with E-state index in [2.05, 4.69) is 5.32 Å². The predicted molar refractivity (Wildman–Crippen MR) is 126 cm³/mol. The van der Waals surface area contributed by atoms with E-state index in [4.69, 9.17) is 25.8 Å². The molecule has 1 unspecified atom stereocenters. The lowest BCUT2D eigenvalue weighted by Gasteiger charge is -2.27. The van der Waals surface area contributed by atoms with E-state index in [1.165, 1.54) is 0 Å². The second kappa shape index (κ2) is 9.79. The standard InChI is InChI=1S/C26H24ClNO4/c1-30-24-10-8-17(15-25(24)31-2)14-20(18-6-4-3-5-7-18)26(29)28-22-12-13-32-23-11-9-19(27)16-21(22)23/h3-11,14-16,22H,12-13H2,1-2H3,(H,28,29)/b20-14+. The highest BCUT2D eigenvalue weighted by molar-refractivity contribution is 6.30. The second-order valence-corrected chi connectivity index (χ2v) is 7.82. The molecular weight excluding hydrogens is 426 g/mol. The Hall–Kier alpha value is -3.44. The van der Waals surface area contributed by atoms with Crippen LogP contribution >= 0.6 is 11.6 Å². The van der Waals surface area contributed by atoms with Gasteiger partial charge in [-0.3, -0.25) is 4.79 Å². The molecule has 1 amide bonds. The Morgan fingerprint density at radius 3 is 2.56 bits per heavy atom. The highest BCUT2D eigenvalue weighted by Crippen LogP contribution is 2.35. The Balaban J connectivity index is 1.69. The van der Waals surface area contributed by atoms with E-state index in [1.807, 2.05) is 66.7 Å². The number of fused-ring (bicyclic) bond motifs is 1. The number of benzene rings is 3. The van der Waals surface area contributed by atoms with Crippen molar-refractivity contribution in [2.24, 2.45) is 0 Å². The zero-order valence-corrected chi connectivity index (χ0v) is 18.7. The van der Waals surface area contributed by atoms with Crippen LogP contribution in [0.5, 0.6) is 17.2 Å². The predicted octanol–water partition coefficient (Wildman–Crippen LogP) is 5.54. The first kappa shape index (κ1) is 21.8. The smallest absolute Gasteiger partial charge is 0.252 e. The SMILES string of the molecule is COc1ccc(/C=C(/C(=O)NC2CCOc3ccc(Cl)cc32)c2ccccc2)cc1OC. The molecule has 6 heteroatoms. The number of halogens is 1. The number of nitrogens with one attached hydrogen (secondary N) is 1. The van der Waals surface area contributed by atoms with Gasteiger partial charge in [-0.2, -0.15) is 0 Å². The molecule has 3 aromatic rings. The molecule has 0 aromatic heterocycles. The maximum atomic E-state index is 13.5. The number of rotatable bonds is 6. The number of hydrogen-bond acceptors (Lipinski definition) is 4. The van der Waals surface area contributed by atoms with Crippen LogP contribution in [0.2, 0.25) is 5.02 Å². The summed E-state index contributed by atoms with van der Waals surface area (Å²) in [5.41, 5.74) is 3.08. The summed E-state index contributed by atoms with van der Waals surface area (Å²) in [6.45, 7) is 0.527. The minimum Gasteiger partial charge on any atom is -0.493 e. The van der Waals surface area contributed by atoms with Crippen LogP contribution in [-0.4, -0.2) is 26.7 Å². The van der Waals surface area contributed by atoms with Gasteiger partial charge in [-0.1, -0.05) is 48.0 Å². The van der Waals surface area contributed by atoms with Gasteiger partial charge in [-0.05, 0) is 47.5 Å². The third kappa shape index (κ3) is 4.73. The normalized spacial score (nSPS) is 15.3. The van der Waals surface area contributed by atoms with Crippen molar-refractivity contribution in [1.29, 1.82) is 0 Å². The average Bonchev–Trinajstić information content (AvgIpc) is 2.83. The maximum Gasteiger partial charge on any atom is 0.252 e. The van der Waals surface area contributed by atoms with E-state index in [-0.39, 0.29) is 11.9 Å². The third-order valence-corrected chi connectivity index (χ3v) is 5.60. The van der Waals surface area contributed by atoms with Crippen molar-refractivity contribution in [3.05, 3.63) is 88.4 Å². The van der Waals surface area contributed by atoms with E-state index in [0.717, 1.165) is 22.4 Å². The summed E-state index contributed by atoms with van der Waals surface area (Å²) in [7, 11) is 3.18. The monoisotopic (exact) mass is 449 g/mol. The molecule has 164 valence electrons. The lowest BCUT2D eigenvalue weighted by Crippen LogP contribution is -2.32. The molecule has 32 heavy (non-hydrogen) atoms. The van der Waals surface area contributed by atoms with E-state index in [0.29, 0.717) is 35.1 Å². The summed E-state index contributed by atoms with van der Waals surface area (Å²) in [6, 6.07) is 20.4. The van der Waals surface area contributed by atoms with Crippen molar-refractivity contribution in [3.63, 3.8) is 0 Å². The molecule has 3 aromatic carbocycles. The Bertz CT molecular complexity index is 1140. The molecule has 1 heterocycles. The van der Waals surface area contributed by atoms with E-state index >= 15 is 0 Å². The van der Waals surface area contributed by atoms with Crippen molar-refractivity contribution < 1.29 is 19.0 Å². The van der Waals surface area contributed by atoms with E-state index in [1.54, 1.807) is 20.3 Å². The number of methoxy groups -OCH3 is 2. The highest BCUT2D eigenvalue weighted by atomic mass is 35.5. The molecule has 0 bridgehead atoms. The van der Waals surface area contributed by atoms with Gasteiger partial charge < -0.3 is 19.5 Å². The maximum absolute atomic E-state index is 13.5. The molecule has 0 spiro atoms. The molecule has 0 aliphatic carbocycles. The Kier molecular flexibility index (Phi) is 6.66. The molecule has 5 nitrogen and oxygen atoms in total. The van der Waals surface area contributed by atoms with Gasteiger partial charge in [0.05, 0.1) is 26.9 Å². The fourth-order valence-corrected chi connectivity index (χ4v) is 3.94. The molecular formula is C26H24ClNO4. The van der Waals surface area contributed by atoms with Gasteiger partial charge in [0.2, 0.25) is 0 Å². The summed E-state index contributed by atoms with van der Waals surface area (Å²) >= 11 is 6.20. The highest BCUT2D eigenvalue weighted by Gasteiger charge is 2.25. The van der Waals surface area contributed by atoms with Gasteiger partial charge in [0.1, 0.15) is 5.75 Å². The lowest BCUT2D eigenvalue weighted by molar-refractivity contribution is -0.116.